The zero-order valence-corrected chi connectivity index (χ0v) is 19.3. The number of hydrogen-bond donors (Lipinski definition) is 3. The van der Waals surface area contributed by atoms with E-state index in [0.29, 0.717) is 45.0 Å². The average molecular weight is 476 g/mol. The van der Waals surface area contributed by atoms with Crippen LogP contribution in [0.1, 0.15) is 34.8 Å². The molecule has 1 saturated heterocycles. The standard InChI is InChI=1S/C25H26FN7O2/c1-35-20-7-3-2-6-18(20)25(34)29-12-16-9-8-15(11-19(16)26)22-21-23(27)30-14-31-24(21)33(32-22)17-5-4-10-28-13-17/h2-3,6-9,11,14,17,28H,4-5,10,12-13H2,1H3,(H,29,34)(H2,27,30,31). The van der Waals surface area contributed by atoms with Crippen LogP contribution >= 0.6 is 0 Å². The van der Waals surface area contributed by atoms with Crippen LogP contribution in [0, 0.1) is 5.82 Å². The fourth-order valence-electron chi connectivity index (χ4n) is 4.44. The minimum atomic E-state index is -0.458. The SMILES string of the molecule is COc1ccccc1C(=O)NCc1ccc(-c2nn(C3CCCNC3)c3ncnc(N)c23)cc1F. The maximum atomic E-state index is 15.1. The molecule has 0 saturated carbocycles. The van der Waals surface area contributed by atoms with Crippen LogP contribution in [0.2, 0.25) is 0 Å². The van der Waals surface area contributed by atoms with Gasteiger partial charge in [0.25, 0.3) is 5.91 Å². The number of carbonyl (C=O) groups is 1. The largest absolute Gasteiger partial charge is 0.496 e. The van der Waals surface area contributed by atoms with Gasteiger partial charge in [0.05, 0.1) is 24.1 Å². The van der Waals surface area contributed by atoms with Gasteiger partial charge in [0.15, 0.2) is 5.65 Å². The number of hydrogen-bond acceptors (Lipinski definition) is 7. The van der Waals surface area contributed by atoms with Gasteiger partial charge >= 0.3 is 0 Å². The summed E-state index contributed by atoms with van der Waals surface area (Å²) in [4.78, 5) is 21.1. The minimum absolute atomic E-state index is 0.0250. The first-order chi connectivity index (χ1) is 17.1. The lowest BCUT2D eigenvalue weighted by molar-refractivity contribution is 0.0947. The van der Waals surface area contributed by atoms with Crippen LogP contribution in [0.15, 0.2) is 48.8 Å². The van der Waals surface area contributed by atoms with Crippen LogP contribution in [-0.2, 0) is 6.54 Å². The maximum absolute atomic E-state index is 15.1. The van der Waals surface area contributed by atoms with E-state index in [-0.39, 0.29) is 18.5 Å². The molecule has 0 aliphatic carbocycles. The Balaban J connectivity index is 1.42. The number of para-hydroxylation sites is 1. The lowest BCUT2D eigenvalue weighted by Gasteiger charge is -2.23. The summed E-state index contributed by atoms with van der Waals surface area (Å²) in [7, 11) is 1.50. The zero-order valence-electron chi connectivity index (χ0n) is 19.3. The van der Waals surface area contributed by atoms with E-state index in [4.69, 9.17) is 15.6 Å². The van der Waals surface area contributed by atoms with Crippen molar-refractivity contribution in [2.45, 2.75) is 25.4 Å². The smallest absolute Gasteiger partial charge is 0.255 e. The number of rotatable bonds is 6. The highest BCUT2D eigenvalue weighted by molar-refractivity contribution is 5.98. The van der Waals surface area contributed by atoms with Crippen molar-refractivity contribution < 1.29 is 13.9 Å². The lowest BCUT2D eigenvalue weighted by Crippen LogP contribution is -2.32. The molecule has 0 bridgehead atoms. The number of nitrogen functional groups attached to an aromatic ring is 1. The van der Waals surface area contributed by atoms with Crippen molar-refractivity contribution in [3.05, 3.63) is 65.7 Å². The van der Waals surface area contributed by atoms with Gasteiger partial charge in [0.2, 0.25) is 0 Å². The molecule has 5 rings (SSSR count). The van der Waals surface area contributed by atoms with Gasteiger partial charge in [-0.2, -0.15) is 5.10 Å². The molecule has 4 N–H and O–H groups in total. The minimum Gasteiger partial charge on any atom is -0.496 e. The summed E-state index contributed by atoms with van der Waals surface area (Å²) < 4.78 is 22.2. The van der Waals surface area contributed by atoms with Gasteiger partial charge in [-0.05, 0) is 37.6 Å². The molecule has 1 atom stereocenters. The average Bonchev–Trinajstić information content (AvgIpc) is 3.29. The second-order valence-corrected chi connectivity index (χ2v) is 8.44. The second-order valence-electron chi connectivity index (χ2n) is 8.44. The van der Waals surface area contributed by atoms with E-state index in [2.05, 4.69) is 20.6 Å². The number of nitrogens with two attached hydrogens (primary N) is 1. The van der Waals surface area contributed by atoms with E-state index >= 15 is 4.39 Å². The van der Waals surface area contributed by atoms with Crippen LogP contribution in [0.5, 0.6) is 5.75 Å². The molecule has 9 nitrogen and oxygen atoms in total. The van der Waals surface area contributed by atoms with E-state index < -0.39 is 5.82 Å². The highest BCUT2D eigenvalue weighted by Gasteiger charge is 2.24. The Morgan fingerprint density at radius 3 is 2.91 bits per heavy atom. The van der Waals surface area contributed by atoms with E-state index in [0.717, 1.165) is 25.9 Å². The molecule has 1 fully saturated rings. The van der Waals surface area contributed by atoms with Crippen molar-refractivity contribution in [3.8, 4) is 17.0 Å². The summed E-state index contributed by atoms with van der Waals surface area (Å²) in [6.45, 7) is 1.77. The first-order valence-electron chi connectivity index (χ1n) is 11.5. The quantitative estimate of drug-likeness (QED) is 0.392. The van der Waals surface area contributed by atoms with Crippen molar-refractivity contribution in [2.75, 3.05) is 25.9 Å². The number of benzene rings is 2. The van der Waals surface area contributed by atoms with Crippen molar-refractivity contribution in [3.63, 3.8) is 0 Å². The highest BCUT2D eigenvalue weighted by atomic mass is 19.1. The van der Waals surface area contributed by atoms with Crippen LogP contribution in [0.4, 0.5) is 10.2 Å². The van der Waals surface area contributed by atoms with E-state index in [1.54, 1.807) is 36.4 Å². The third-order valence-electron chi connectivity index (χ3n) is 6.25. The van der Waals surface area contributed by atoms with Gasteiger partial charge < -0.3 is 21.1 Å². The number of nitrogens with zero attached hydrogens (tertiary/aromatic N) is 4. The number of ether oxygens (including phenoxy) is 1. The molecule has 0 radical (unpaired) electrons. The monoisotopic (exact) mass is 475 g/mol. The molecule has 180 valence electrons. The highest BCUT2D eigenvalue weighted by Crippen LogP contribution is 2.33. The van der Waals surface area contributed by atoms with Crippen molar-refractivity contribution in [2.24, 2.45) is 0 Å². The number of aromatic nitrogens is 4. The van der Waals surface area contributed by atoms with E-state index in [1.165, 1.54) is 19.5 Å². The maximum Gasteiger partial charge on any atom is 0.255 e. The predicted octanol–water partition coefficient (Wildman–Crippen LogP) is 3.08. The van der Waals surface area contributed by atoms with Gasteiger partial charge in [-0.1, -0.05) is 24.3 Å². The molecular weight excluding hydrogens is 449 g/mol. The Morgan fingerprint density at radius 1 is 1.29 bits per heavy atom. The Bertz CT molecular complexity index is 1380. The number of fused-ring (bicyclic) bond motifs is 1. The third kappa shape index (κ3) is 4.40. The number of nitrogens with one attached hydrogen (secondary N) is 2. The van der Waals surface area contributed by atoms with Crippen molar-refractivity contribution in [1.82, 2.24) is 30.4 Å². The van der Waals surface area contributed by atoms with Crippen LogP contribution in [0.25, 0.3) is 22.3 Å². The lowest BCUT2D eigenvalue weighted by atomic mass is 10.1. The van der Waals surface area contributed by atoms with Gasteiger partial charge in [0.1, 0.15) is 29.4 Å². The topological polar surface area (TPSA) is 120 Å². The van der Waals surface area contributed by atoms with Crippen molar-refractivity contribution >= 4 is 22.8 Å². The number of methoxy groups -OCH3 is 1. The summed E-state index contributed by atoms with van der Waals surface area (Å²) in [6, 6.07) is 11.8. The molecule has 1 amide bonds. The molecule has 1 unspecified atom stereocenters. The Morgan fingerprint density at radius 2 is 2.14 bits per heavy atom. The number of carbonyl (C=O) groups excluding carboxylic acids is 1. The summed E-state index contributed by atoms with van der Waals surface area (Å²) in [5.74, 6) is -0.0493. The third-order valence-corrected chi connectivity index (χ3v) is 6.25. The van der Waals surface area contributed by atoms with Crippen LogP contribution in [-0.4, -0.2) is 45.9 Å². The molecule has 10 heteroatoms. The van der Waals surface area contributed by atoms with Gasteiger partial charge in [-0.3, -0.25) is 4.79 Å². The predicted molar refractivity (Wildman–Crippen MR) is 130 cm³/mol. The van der Waals surface area contributed by atoms with Crippen LogP contribution in [0.3, 0.4) is 0 Å². The molecular formula is C25H26FN7O2. The first kappa shape index (κ1) is 22.7. The molecule has 4 aromatic rings. The van der Waals surface area contributed by atoms with Gasteiger partial charge in [-0.15, -0.1) is 0 Å². The first-order valence-corrected chi connectivity index (χ1v) is 11.5. The van der Waals surface area contributed by atoms with E-state index in [1.807, 2.05) is 4.68 Å². The summed E-state index contributed by atoms with van der Waals surface area (Å²) in [5, 5.41) is 11.5. The molecule has 2 aromatic carbocycles. The number of piperidine rings is 1. The van der Waals surface area contributed by atoms with Crippen molar-refractivity contribution in [1.29, 1.82) is 0 Å². The summed E-state index contributed by atoms with van der Waals surface area (Å²) in [6.07, 6.45) is 3.42. The molecule has 35 heavy (non-hydrogen) atoms. The van der Waals surface area contributed by atoms with Crippen LogP contribution < -0.4 is 21.1 Å². The molecule has 2 aromatic heterocycles. The van der Waals surface area contributed by atoms with E-state index in [9.17, 15) is 4.79 Å². The number of anilines is 1. The molecule has 0 spiro atoms. The normalized spacial score (nSPS) is 15.8. The number of halogens is 1. The van der Waals surface area contributed by atoms with Gasteiger partial charge in [-0.25, -0.2) is 19.0 Å². The Hall–Kier alpha value is -4.05. The Kier molecular flexibility index (Phi) is 6.28. The molecule has 1 aliphatic heterocycles. The molecule has 3 heterocycles. The summed E-state index contributed by atoms with van der Waals surface area (Å²) >= 11 is 0. The fourth-order valence-corrected chi connectivity index (χ4v) is 4.44. The Labute approximate surface area is 201 Å². The fraction of sp³-hybridized carbons (Fsp3) is 0.280. The zero-order chi connectivity index (χ0) is 24.4. The second kappa shape index (κ2) is 9.67. The summed E-state index contributed by atoms with van der Waals surface area (Å²) in [5.41, 5.74) is 8.66. The molecule has 1 aliphatic rings. The van der Waals surface area contributed by atoms with Gasteiger partial charge in [0, 0.05) is 24.2 Å². The number of amides is 1.